The van der Waals surface area contributed by atoms with Crippen LogP contribution < -0.4 is 5.32 Å². The van der Waals surface area contributed by atoms with Crippen LogP contribution in [0.15, 0.2) is 0 Å². The van der Waals surface area contributed by atoms with Crippen LogP contribution in [0.1, 0.15) is 19.8 Å². The van der Waals surface area contributed by atoms with Crippen LogP contribution in [0, 0.1) is 5.92 Å². The highest BCUT2D eigenvalue weighted by atomic mass is 32.2. The quantitative estimate of drug-likeness (QED) is 0.797. The van der Waals surface area contributed by atoms with Gasteiger partial charge in [0, 0.05) is 17.5 Å². The molecule has 0 spiro atoms. The van der Waals surface area contributed by atoms with Gasteiger partial charge in [-0.2, -0.15) is 24.9 Å². The SMILES string of the molecule is CCCNC1CSCC1CCSC(F)(F)F. The van der Waals surface area contributed by atoms with Crippen molar-refractivity contribution in [2.45, 2.75) is 31.3 Å². The summed E-state index contributed by atoms with van der Waals surface area (Å²) in [5, 5.41) is 3.42. The zero-order valence-electron chi connectivity index (χ0n) is 9.35. The third-order valence-corrected chi connectivity index (χ3v) is 4.64. The fourth-order valence-electron chi connectivity index (χ4n) is 1.76. The maximum atomic E-state index is 12.0. The number of alkyl halides is 3. The Balaban J connectivity index is 2.19. The number of hydrogen-bond donors (Lipinski definition) is 1. The lowest BCUT2D eigenvalue weighted by atomic mass is 10.0. The van der Waals surface area contributed by atoms with Gasteiger partial charge < -0.3 is 5.32 Å². The van der Waals surface area contributed by atoms with Crippen LogP contribution in [-0.2, 0) is 0 Å². The summed E-state index contributed by atoms with van der Waals surface area (Å²) in [6, 6.07) is 0.416. The van der Waals surface area contributed by atoms with Gasteiger partial charge in [-0.15, -0.1) is 0 Å². The lowest BCUT2D eigenvalue weighted by molar-refractivity contribution is -0.0328. The number of rotatable bonds is 6. The maximum Gasteiger partial charge on any atom is 0.441 e. The summed E-state index contributed by atoms with van der Waals surface area (Å²) in [5.74, 6) is 2.64. The summed E-state index contributed by atoms with van der Waals surface area (Å²) in [7, 11) is 0. The Kier molecular flexibility index (Phi) is 6.36. The minimum Gasteiger partial charge on any atom is -0.313 e. The third kappa shape index (κ3) is 5.68. The zero-order valence-corrected chi connectivity index (χ0v) is 11.0. The fraction of sp³-hybridized carbons (Fsp3) is 1.00. The van der Waals surface area contributed by atoms with Crippen molar-refractivity contribution in [3.8, 4) is 0 Å². The molecular formula is C10H18F3NS2. The molecule has 1 nitrogen and oxygen atoms in total. The molecule has 1 N–H and O–H groups in total. The van der Waals surface area contributed by atoms with Gasteiger partial charge in [0.25, 0.3) is 0 Å². The van der Waals surface area contributed by atoms with E-state index >= 15 is 0 Å². The van der Waals surface area contributed by atoms with Crippen molar-refractivity contribution in [2.24, 2.45) is 5.92 Å². The average molecular weight is 273 g/mol. The van der Waals surface area contributed by atoms with Crippen molar-refractivity contribution >= 4 is 23.5 Å². The van der Waals surface area contributed by atoms with Crippen LogP contribution in [0.5, 0.6) is 0 Å². The van der Waals surface area contributed by atoms with E-state index < -0.39 is 5.51 Å². The van der Waals surface area contributed by atoms with Gasteiger partial charge in [-0.25, -0.2) is 0 Å². The Bertz CT molecular complexity index is 199. The maximum absolute atomic E-state index is 12.0. The first-order valence-corrected chi connectivity index (χ1v) is 7.68. The molecule has 1 rings (SSSR count). The average Bonchev–Trinajstić information content (AvgIpc) is 2.60. The fourth-order valence-corrected chi connectivity index (χ4v) is 3.90. The van der Waals surface area contributed by atoms with Gasteiger partial charge in [0.15, 0.2) is 0 Å². The van der Waals surface area contributed by atoms with Crippen LogP contribution in [0.25, 0.3) is 0 Å². The van der Waals surface area contributed by atoms with Crippen molar-refractivity contribution in [1.82, 2.24) is 5.32 Å². The van der Waals surface area contributed by atoms with E-state index in [1.807, 2.05) is 11.8 Å². The molecule has 2 atom stereocenters. The normalized spacial score (nSPS) is 26.2. The van der Waals surface area contributed by atoms with Gasteiger partial charge in [0.05, 0.1) is 0 Å². The van der Waals surface area contributed by atoms with E-state index in [0.717, 1.165) is 24.5 Å². The van der Waals surface area contributed by atoms with Crippen LogP contribution in [0.3, 0.4) is 0 Å². The molecule has 1 aliphatic rings. The molecule has 1 aliphatic heterocycles. The topological polar surface area (TPSA) is 12.0 Å². The van der Waals surface area contributed by atoms with Crippen molar-refractivity contribution in [3.63, 3.8) is 0 Å². The largest absolute Gasteiger partial charge is 0.441 e. The predicted molar refractivity (Wildman–Crippen MR) is 66.0 cm³/mol. The van der Waals surface area contributed by atoms with Gasteiger partial charge in [-0.3, -0.25) is 0 Å². The van der Waals surface area contributed by atoms with Crippen molar-refractivity contribution in [2.75, 3.05) is 23.8 Å². The molecule has 0 saturated carbocycles. The Labute approximate surface area is 103 Å². The van der Waals surface area contributed by atoms with Gasteiger partial charge in [0.1, 0.15) is 0 Å². The second kappa shape index (κ2) is 7.01. The number of thioether (sulfide) groups is 2. The summed E-state index contributed by atoms with van der Waals surface area (Å²) < 4.78 is 35.9. The van der Waals surface area contributed by atoms with Crippen LogP contribution in [0.4, 0.5) is 13.2 Å². The van der Waals surface area contributed by atoms with E-state index in [0.29, 0.717) is 18.4 Å². The number of hydrogen-bond acceptors (Lipinski definition) is 3. The first-order valence-electron chi connectivity index (χ1n) is 5.54. The summed E-state index contributed by atoms with van der Waals surface area (Å²) in [6.45, 7) is 3.07. The van der Waals surface area contributed by atoms with E-state index in [1.54, 1.807) is 0 Å². The first-order chi connectivity index (χ1) is 7.53. The summed E-state index contributed by atoms with van der Waals surface area (Å²) in [4.78, 5) is 0. The summed E-state index contributed by atoms with van der Waals surface area (Å²) >= 11 is 1.95. The lowest BCUT2D eigenvalue weighted by Gasteiger charge is -2.19. The molecule has 0 aromatic rings. The number of nitrogens with one attached hydrogen (secondary N) is 1. The van der Waals surface area contributed by atoms with Crippen molar-refractivity contribution in [1.29, 1.82) is 0 Å². The monoisotopic (exact) mass is 273 g/mol. The molecule has 96 valence electrons. The minimum absolute atomic E-state index is 0.109. The second-order valence-electron chi connectivity index (χ2n) is 3.94. The Morgan fingerprint density at radius 2 is 2.12 bits per heavy atom. The molecule has 6 heteroatoms. The Hall–Kier alpha value is 0.450. The highest BCUT2D eigenvalue weighted by Gasteiger charge is 2.31. The summed E-state index contributed by atoms with van der Waals surface area (Å²) in [6.07, 6.45) is 1.74. The molecule has 0 aromatic carbocycles. The number of halogens is 3. The van der Waals surface area contributed by atoms with Gasteiger partial charge >= 0.3 is 5.51 Å². The molecule has 0 amide bonds. The van der Waals surface area contributed by atoms with Gasteiger partial charge in [-0.1, -0.05) is 18.7 Å². The Morgan fingerprint density at radius 3 is 2.75 bits per heavy atom. The molecule has 0 radical (unpaired) electrons. The van der Waals surface area contributed by atoms with E-state index in [2.05, 4.69) is 12.2 Å². The smallest absolute Gasteiger partial charge is 0.313 e. The molecule has 1 fully saturated rings. The predicted octanol–water partition coefficient (Wildman–Crippen LogP) is 3.36. The molecule has 0 bridgehead atoms. The van der Waals surface area contributed by atoms with E-state index in [9.17, 15) is 13.2 Å². The standard InChI is InChI=1S/C10H18F3NS2/c1-2-4-14-9-7-15-6-8(9)3-5-16-10(11,12)13/h8-9,14H,2-7H2,1H3. The van der Waals surface area contributed by atoms with Crippen LogP contribution in [-0.4, -0.2) is 35.4 Å². The highest BCUT2D eigenvalue weighted by molar-refractivity contribution is 8.00. The van der Waals surface area contributed by atoms with E-state index in [1.165, 1.54) is 0 Å². The van der Waals surface area contributed by atoms with E-state index in [4.69, 9.17) is 0 Å². The van der Waals surface area contributed by atoms with Crippen LogP contribution >= 0.6 is 23.5 Å². The third-order valence-electron chi connectivity index (χ3n) is 2.61. The molecule has 0 aliphatic carbocycles. The minimum atomic E-state index is -4.07. The molecule has 2 unspecified atom stereocenters. The lowest BCUT2D eigenvalue weighted by Crippen LogP contribution is -2.36. The van der Waals surface area contributed by atoms with Gasteiger partial charge in [0.2, 0.25) is 0 Å². The van der Waals surface area contributed by atoms with Crippen molar-refractivity contribution < 1.29 is 13.2 Å². The molecular weight excluding hydrogens is 255 g/mol. The Morgan fingerprint density at radius 1 is 1.38 bits per heavy atom. The van der Waals surface area contributed by atoms with E-state index in [-0.39, 0.29) is 17.5 Å². The second-order valence-corrected chi connectivity index (χ2v) is 6.18. The highest BCUT2D eigenvalue weighted by Crippen LogP contribution is 2.34. The zero-order chi connectivity index (χ0) is 12.0. The van der Waals surface area contributed by atoms with Gasteiger partial charge in [-0.05, 0) is 31.1 Å². The molecule has 0 aromatic heterocycles. The van der Waals surface area contributed by atoms with Crippen LogP contribution in [0.2, 0.25) is 0 Å². The van der Waals surface area contributed by atoms with Crippen molar-refractivity contribution in [3.05, 3.63) is 0 Å². The molecule has 16 heavy (non-hydrogen) atoms. The molecule has 1 heterocycles. The first kappa shape index (κ1) is 14.5. The summed E-state index contributed by atoms with van der Waals surface area (Å²) in [5.41, 5.74) is -4.07. The molecule has 1 saturated heterocycles.